The Morgan fingerprint density at radius 2 is 2.27 bits per heavy atom. The van der Waals surface area contributed by atoms with Gasteiger partial charge in [-0.1, -0.05) is 23.7 Å². The number of benzene rings is 1. The summed E-state index contributed by atoms with van der Waals surface area (Å²) in [7, 11) is 1.91. The van der Waals surface area contributed by atoms with Gasteiger partial charge in [-0.15, -0.1) is 0 Å². The average molecular weight is 222 g/mol. The standard InChI is InChI=1S/C11H12ClN3/c1-13-8-9-4-2-5-10(12)11(9)15-7-3-6-14-15/h2-7,13H,8H2,1H3. The molecule has 0 saturated heterocycles. The summed E-state index contributed by atoms with van der Waals surface area (Å²) in [6, 6.07) is 7.74. The second kappa shape index (κ2) is 4.47. The molecule has 0 fully saturated rings. The van der Waals surface area contributed by atoms with Gasteiger partial charge < -0.3 is 5.32 Å². The van der Waals surface area contributed by atoms with E-state index in [0.717, 1.165) is 17.8 Å². The molecular formula is C11H12ClN3. The van der Waals surface area contributed by atoms with Crippen molar-refractivity contribution in [1.82, 2.24) is 15.1 Å². The van der Waals surface area contributed by atoms with E-state index in [9.17, 15) is 0 Å². The van der Waals surface area contributed by atoms with Gasteiger partial charge in [0.05, 0.1) is 10.7 Å². The molecule has 0 amide bonds. The average Bonchev–Trinajstić information content (AvgIpc) is 2.71. The van der Waals surface area contributed by atoms with Crippen LogP contribution in [0.25, 0.3) is 5.69 Å². The molecule has 0 atom stereocenters. The largest absolute Gasteiger partial charge is 0.316 e. The Kier molecular flexibility index (Phi) is 3.04. The molecule has 1 heterocycles. The Morgan fingerprint density at radius 3 is 2.93 bits per heavy atom. The van der Waals surface area contributed by atoms with Gasteiger partial charge in [-0.3, -0.25) is 0 Å². The third-order valence-electron chi connectivity index (χ3n) is 2.17. The molecule has 0 bridgehead atoms. The van der Waals surface area contributed by atoms with Crippen LogP contribution < -0.4 is 5.32 Å². The zero-order chi connectivity index (χ0) is 10.7. The Balaban J connectivity index is 2.52. The summed E-state index contributed by atoms with van der Waals surface area (Å²) in [5.74, 6) is 0. The van der Waals surface area contributed by atoms with Crippen LogP contribution in [0.15, 0.2) is 36.7 Å². The van der Waals surface area contributed by atoms with Gasteiger partial charge in [0.15, 0.2) is 0 Å². The first-order valence-corrected chi connectivity index (χ1v) is 5.12. The van der Waals surface area contributed by atoms with E-state index in [1.54, 1.807) is 10.9 Å². The molecule has 1 aromatic carbocycles. The fourth-order valence-corrected chi connectivity index (χ4v) is 1.83. The van der Waals surface area contributed by atoms with E-state index in [1.165, 1.54) is 0 Å². The first kappa shape index (κ1) is 10.2. The van der Waals surface area contributed by atoms with Crippen molar-refractivity contribution in [3.05, 3.63) is 47.2 Å². The smallest absolute Gasteiger partial charge is 0.0876 e. The van der Waals surface area contributed by atoms with E-state index in [-0.39, 0.29) is 0 Å². The van der Waals surface area contributed by atoms with Crippen LogP contribution in [-0.4, -0.2) is 16.8 Å². The minimum Gasteiger partial charge on any atom is -0.316 e. The zero-order valence-corrected chi connectivity index (χ0v) is 9.20. The van der Waals surface area contributed by atoms with Gasteiger partial charge in [-0.05, 0) is 24.7 Å². The first-order valence-electron chi connectivity index (χ1n) is 4.75. The highest BCUT2D eigenvalue weighted by molar-refractivity contribution is 6.32. The van der Waals surface area contributed by atoms with Crippen LogP contribution in [0.5, 0.6) is 0 Å². The number of nitrogens with zero attached hydrogens (tertiary/aromatic N) is 2. The van der Waals surface area contributed by atoms with Gasteiger partial charge in [0.2, 0.25) is 0 Å². The fraction of sp³-hybridized carbons (Fsp3) is 0.182. The minimum absolute atomic E-state index is 0.714. The molecule has 0 unspecified atom stereocenters. The number of para-hydroxylation sites is 1. The maximum Gasteiger partial charge on any atom is 0.0876 e. The summed E-state index contributed by atoms with van der Waals surface area (Å²) in [4.78, 5) is 0. The van der Waals surface area contributed by atoms with Crippen LogP contribution in [0.1, 0.15) is 5.56 Å². The molecular weight excluding hydrogens is 210 g/mol. The van der Waals surface area contributed by atoms with Crippen molar-refractivity contribution in [3.8, 4) is 5.69 Å². The summed E-state index contributed by atoms with van der Waals surface area (Å²) in [6.07, 6.45) is 3.63. The van der Waals surface area contributed by atoms with Gasteiger partial charge in [0, 0.05) is 18.9 Å². The summed E-state index contributed by atoms with van der Waals surface area (Å²) < 4.78 is 1.79. The topological polar surface area (TPSA) is 29.9 Å². The summed E-state index contributed by atoms with van der Waals surface area (Å²) in [6.45, 7) is 0.774. The van der Waals surface area contributed by atoms with Crippen molar-refractivity contribution in [1.29, 1.82) is 0 Å². The fourth-order valence-electron chi connectivity index (χ4n) is 1.55. The first-order chi connectivity index (χ1) is 7.33. The predicted octanol–water partition coefficient (Wildman–Crippen LogP) is 2.25. The van der Waals surface area contributed by atoms with Crippen LogP contribution in [0.4, 0.5) is 0 Å². The monoisotopic (exact) mass is 221 g/mol. The van der Waals surface area contributed by atoms with Crippen molar-refractivity contribution < 1.29 is 0 Å². The Hall–Kier alpha value is -1.32. The number of hydrogen-bond acceptors (Lipinski definition) is 2. The third-order valence-corrected chi connectivity index (χ3v) is 2.48. The highest BCUT2D eigenvalue weighted by atomic mass is 35.5. The Bertz CT molecular complexity index is 437. The van der Waals surface area contributed by atoms with Crippen LogP contribution >= 0.6 is 11.6 Å². The lowest BCUT2D eigenvalue weighted by molar-refractivity contribution is 0.789. The minimum atomic E-state index is 0.714. The lowest BCUT2D eigenvalue weighted by atomic mass is 10.2. The molecule has 0 saturated carbocycles. The lowest BCUT2D eigenvalue weighted by Crippen LogP contribution is -2.09. The summed E-state index contributed by atoms with van der Waals surface area (Å²) >= 11 is 6.17. The van der Waals surface area contributed by atoms with Gasteiger partial charge in [-0.2, -0.15) is 5.10 Å². The lowest BCUT2D eigenvalue weighted by Gasteiger charge is -2.10. The van der Waals surface area contributed by atoms with E-state index in [1.807, 2.05) is 37.5 Å². The van der Waals surface area contributed by atoms with Gasteiger partial charge in [0.25, 0.3) is 0 Å². The second-order valence-electron chi connectivity index (χ2n) is 3.23. The zero-order valence-electron chi connectivity index (χ0n) is 8.44. The molecule has 0 aliphatic rings. The van der Waals surface area contributed by atoms with Gasteiger partial charge >= 0.3 is 0 Å². The number of rotatable bonds is 3. The van der Waals surface area contributed by atoms with Crippen molar-refractivity contribution in [2.75, 3.05) is 7.05 Å². The van der Waals surface area contributed by atoms with E-state index < -0.39 is 0 Å². The van der Waals surface area contributed by atoms with E-state index in [2.05, 4.69) is 10.4 Å². The molecule has 0 aliphatic carbocycles. The maximum atomic E-state index is 6.17. The molecule has 0 aliphatic heterocycles. The number of aromatic nitrogens is 2. The SMILES string of the molecule is CNCc1cccc(Cl)c1-n1cccn1. The van der Waals surface area contributed by atoms with E-state index in [4.69, 9.17) is 11.6 Å². The van der Waals surface area contributed by atoms with Crippen molar-refractivity contribution >= 4 is 11.6 Å². The van der Waals surface area contributed by atoms with Crippen LogP contribution in [-0.2, 0) is 6.54 Å². The van der Waals surface area contributed by atoms with Crippen molar-refractivity contribution in [2.24, 2.45) is 0 Å². The number of halogens is 1. The summed E-state index contributed by atoms with van der Waals surface area (Å²) in [5, 5.41) is 8.02. The van der Waals surface area contributed by atoms with Crippen molar-refractivity contribution in [2.45, 2.75) is 6.54 Å². The Labute approximate surface area is 93.7 Å². The normalized spacial score (nSPS) is 10.5. The molecule has 1 aromatic heterocycles. The summed E-state index contributed by atoms with van der Waals surface area (Å²) in [5.41, 5.74) is 2.08. The van der Waals surface area contributed by atoms with E-state index >= 15 is 0 Å². The molecule has 2 rings (SSSR count). The maximum absolute atomic E-state index is 6.17. The molecule has 78 valence electrons. The number of hydrogen-bond donors (Lipinski definition) is 1. The molecule has 0 spiro atoms. The highest BCUT2D eigenvalue weighted by Gasteiger charge is 2.08. The Morgan fingerprint density at radius 1 is 1.40 bits per heavy atom. The molecule has 15 heavy (non-hydrogen) atoms. The number of nitrogens with one attached hydrogen (secondary N) is 1. The van der Waals surface area contributed by atoms with Gasteiger partial charge in [0.1, 0.15) is 0 Å². The second-order valence-corrected chi connectivity index (χ2v) is 3.64. The molecule has 2 aromatic rings. The highest BCUT2D eigenvalue weighted by Crippen LogP contribution is 2.23. The van der Waals surface area contributed by atoms with Gasteiger partial charge in [-0.25, -0.2) is 4.68 Å². The van der Waals surface area contributed by atoms with Crippen LogP contribution in [0.2, 0.25) is 5.02 Å². The van der Waals surface area contributed by atoms with Crippen LogP contribution in [0, 0.1) is 0 Å². The van der Waals surface area contributed by atoms with Crippen molar-refractivity contribution in [3.63, 3.8) is 0 Å². The van der Waals surface area contributed by atoms with Crippen LogP contribution in [0.3, 0.4) is 0 Å². The molecule has 4 heteroatoms. The third kappa shape index (κ3) is 2.03. The predicted molar refractivity (Wildman–Crippen MR) is 61.3 cm³/mol. The van der Waals surface area contributed by atoms with E-state index in [0.29, 0.717) is 5.02 Å². The quantitative estimate of drug-likeness (QED) is 0.862. The molecule has 0 radical (unpaired) electrons. The molecule has 3 nitrogen and oxygen atoms in total. The molecule has 1 N–H and O–H groups in total.